The molecule has 1 fully saturated rings. The fourth-order valence-corrected chi connectivity index (χ4v) is 2.35. The first kappa shape index (κ1) is 13.6. The lowest BCUT2D eigenvalue weighted by molar-refractivity contribution is -0.144. The summed E-state index contributed by atoms with van der Waals surface area (Å²) in [6.45, 7) is 4.38. The van der Waals surface area contributed by atoms with Crippen LogP contribution in [0.1, 0.15) is 43.6 Å². The summed E-state index contributed by atoms with van der Waals surface area (Å²) in [5, 5.41) is 12.0. The molecule has 1 aromatic rings. The highest BCUT2D eigenvalue weighted by Crippen LogP contribution is 2.39. The summed E-state index contributed by atoms with van der Waals surface area (Å²) in [5.74, 6) is -1.23. The number of hydrogen-bond donors (Lipinski definition) is 2. The second kappa shape index (κ2) is 5.07. The van der Waals surface area contributed by atoms with E-state index in [4.69, 9.17) is 0 Å². The number of carboxylic acid groups (broad SMARTS) is 1. The molecule has 2 rings (SSSR count). The molecule has 0 saturated heterocycles. The van der Waals surface area contributed by atoms with Crippen LogP contribution in [0.3, 0.4) is 0 Å². The summed E-state index contributed by atoms with van der Waals surface area (Å²) in [5.41, 5.74) is -0.631. The van der Waals surface area contributed by atoms with E-state index in [1.807, 2.05) is 17.7 Å². The monoisotopic (exact) mass is 264 g/mol. The van der Waals surface area contributed by atoms with Gasteiger partial charge in [-0.2, -0.15) is 0 Å². The van der Waals surface area contributed by atoms with Gasteiger partial charge in [-0.05, 0) is 44.2 Å². The van der Waals surface area contributed by atoms with Crippen molar-refractivity contribution in [2.45, 2.75) is 45.2 Å². The fourth-order valence-electron chi connectivity index (χ4n) is 2.35. The minimum absolute atomic E-state index is 0.0449. The standard InChI is InChI=1S/C14H20N2O3/c1-3-8-16-9-4-5-11(16)12(17)15-14(2,13(18)19)10-6-7-10/h4-5,9-10H,3,6-8H2,1-2H3,(H,15,17)(H,18,19). The van der Waals surface area contributed by atoms with E-state index < -0.39 is 11.5 Å². The molecule has 0 spiro atoms. The molecule has 1 heterocycles. The second-order valence-corrected chi connectivity index (χ2v) is 5.32. The summed E-state index contributed by atoms with van der Waals surface area (Å²) in [6.07, 6.45) is 4.49. The van der Waals surface area contributed by atoms with Crippen LogP contribution in [0.2, 0.25) is 0 Å². The van der Waals surface area contributed by atoms with E-state index in [1.165, 1.54) is 0 Å². The van der Waals surface area contributed by atoms with Crippen molar-refractivity contribution in [1.82, 2.24) is 9.88 Å². The molecule has 1 aromatic heterocycles. The highest BCUT2D eigenvalue weighted by molar-refractivity contribution is 5.96. The van der Waals surface area contributed by atoms with Gasteiger partial charge in [-0.15, -0.1) is 0 Å². The van der Waals surface area contributed by atoms with Crippen LogP contribution in [-0.2, 0) is 11.3 Å². The number of carboxylic acids is 1. The van der Waals surface area contributed by atoms with Gasteiger partial charge in [-0.3, -0.25) is 4.79 Å². The van der Waals surface area contributed by atoms with Gasteiger partial charge in [0.1, 0.15) is 11.2 Å². The van der Waals surface area contributed by atoms with Gasteiger partial charge in [0, 0.05) is 12.7 Å². The Morgan fingerprint density at radius 3 is 2.74 bits per heavy atom. The van der Waals surface area contributed by atoms with Gasteiger partial charge in [0.05, 0.1) is 0 Å². The number of aromatic nitrogens is 1. The van der Waals surface area contributed by atoms with Crippen LogP contribution < -0.4 is 5.32 Å². The van der Waals surface area contributed by atoms with E-state index in [2.05, 4.69) is 5.32 Å². The summed E-state index contributed by atoms with van der Waals surface area (Å²) in [6, 6.07) is 3.53. The minimum atomic E-state index is -1.15. The number of aryl methyl sites for hydroxylation is 1. The van der Waals surface area contributed by atoms with Crippen molar-refractivity contribution < 1.29 is 14.7 Å². The van der Waals surface area contributed by atoms with Crippen molar-refractivity contribution in [2.24, 2.45) is 5.92 Å². The number of hydrogen-bond acceptors (Lipinski definition) is 2. The molecule has 5 nitrogen and oxygen atoms in total. The van der Waals surface area contributed by atoms with Crippen molar-refractivity contribution in [3.05, 3.63) is 24.0 Å². The molecule has 0 radical (unpaired) electrons. The number of amides is 1. The first-order valence-corrected chi connectivity index (χ1v) is 6.70. The molecule has 1 atom stereocenters. The minimum Gasteiger partial charge on any atom is -0.480 e. The SMILES string of the molecule is CCCn1cccc1C(=O)NC(C)(C(=O)O)C1CC1. The van der Waals surface area contributed by atoms with Crippen LogP contribution in [0.25, 0.3) is 0 Å². The summed E-state index contributed by atoms with van der Waals surface area (Å²) >= 11 is 0. The zero-order valence-corrected chi connectivity index (χ0v) is 11.3. The Labute approximate surface area is 112 Å². The van der Waals surface area contributed by atoms with E-state index in [9.17, 15) is 14.7 Å². The summed E-state index contributed by atoms with van der Waals surface area (Å²) < 4.78 is 1.85. The van der Waals surface area contributed by atoms with Crippen LogP contribution in [-0.4, -0.2) is 27.1 Å². The summed E-state index contributed by atoms with van der Waals surface area (Å²) in [7, 11) is 0. The van der Waals surface area contributed by atoms with Gasteiger partial charge in [0.2, 0.25) is 0 Å². The molecule has 0 aliphatic heterocycles. The van der Waals surface area contributed by atoms with E-state index in [1.54, 1.807) is 19.1 Å². The molecule has 1 amide bonds. The Morgan fingerprint density at radius 1 is 1.53 bits per heavy atom. The lowest BCUT2D eigenvalue weighted by atomic mass is 9.96. The zero-order valence-electron chi connectivity index (χ0n) is 11.3. The van der Waals surface area contributed by atoms with Crippen molar-refractivity contribution in [3.8, 4) is 0 Å². The van der Waals surface area contributed by atoms with E-state index in [-0.39, 0.29) is 11.8 Å². The highest BCUT2D eigenvalue weighted by Gasteiger charge is 2.48. The molecule has 1 unspecified atom stereocenters. The third-order valence-electron chi connectivity index (χ3n) is 3.74. The maximum Gasteiger partial charge on any atom is 0.329 e. The van der Waals surface area contributed by atoms with E-state index in [0.717, 1.165) is 25.8 Å². The average molecular weight is 264 g/mol. The Bertz CT molecular complexity index is 491. The Balaban J connectivity index is 2.15. The molecule has 0 bridgehead atoms. The first-order chi connectivity index (χ1) is 8.99. The largest absolute Gasteiger partial charge is 0.480 e. The first-order valence-electron chi connectivity index (χ1n) is 6.70. The number of nitrogens with one attached hydrogen (secondary N) is 1. The van der Waals surface area contributed by atoms with Crippen molar-refractivity contribution in [3.63, 3.8) is 0 Å². The quantitative estimate of drug-likeness (QED) is 0.824. The van der Waals surface area contributed by atoms with Gasteiger partial charge in [-0.1, -0.05) is 6.92 Å². The smallest absolute Gasteiger partial charge is 0.329 e. The molecule has 1 aliphatic rings. The van der Waals surface area contributed by atoms with Gasteiger partial charge >= 0.3 is 5.97 Å². The van der Waals surface area contributed by atoms with E-state index >= 15 is 0 Å². The Morgan fingerprint density at radius 2 is 2.21 bits per heavy atom. The molecule has 104 valence electrons. The highest BCUT2D eigenvalue weighted by atomic mass is 16.4. The van der Waals surface area contributed by atoms with Crippen LogP contribution >= 0.6 is 0 Å². The average Bonchev–Trinajstić information content (AvgIpc) is 3.10. The lowest BCUT2D eigenvalue weighted by Crippen LogP contribution is -2.54. The maximum atomic E-state index is 12.3. The predicted octanol–water partition coefficient (Wildman–Crippen LogP) is 1.88. The van der Waals surface area contributed by atoms with Gasteiger partial charge in [-0.25, -0.2) is 4.79 Å². The van der Waals surface area contributed by atoms with Crippen LogP contribution in [0, 0.1) is 5.92 Å². The molecule has 0 aromatic carbocycles. The fraction of sp³-hybridized carbons (Fsp3) is 0.571. The Hall–Kier alpha value is -1.78. The summed E-state index contributed by atoms with van der Waals surface area (Å²) in [4.78, 5) is 23.7. The van der Waals surface area contributed by atoms with Gasteiger partial charge < -0.3 is 15.0 Å². The van der Waals surface area contributed by atoms with Crippen molar-refractivity contribution in [2.75, 3.05) is 0 Å². The number of carbonyl (C=O) groups excluding carboxylic acids is 1. The van der Waals surface area contributed by atoms with Crippen molar-refractivity contribution in [1.29, 1.82) is 0 Å². The van der Waals surface area contributed by atoms with Crippen LogP contribution in [0.15, 0.2) is 18.3 Å². The molecular formula is C14H20N2O3. The molecule has 5 heteroatoms. The molecule has 1 saturated carbocycles. The van der Waals surface area contributed by atoms with Crippen LogP contribution in [0.5, 0.6) is 0 Å². The number of nitrogens with zero attached hydrogens (tertiary/aromatic N) is 1. The van der Waals surface area contributed by atoms with E-state index in [0.29, 0.717) is 5.69 Å². The van der Waals surface area contributed by atoms with Crippen molar-refractivity contribution >= 4 is 11.9 Å². The third-order valence-corrected chi connectivity index (χ3v) is 3.74. The van der Waals surface area contributed by atoms with Gasteiger partial charge in [0.25, 0.3) is 5.91 Å². The number of rotatable bonds is 6. The molecule has 2 N–H and O–H groups in total. The molecule has 19 heavy (non-hydrogen) atoms. The molecule has 1 aliphatic carbocycles. The maximum absolute atomic E-state index is 12.3. The predicted molar refractivity (Wildman–Crippen MR) is 71.0 cm³/mol. The topological polar surface area (TPSA) is 71.3 Å². The Kier molecular flexibility index (Phi) is 3.64. The molecular weight excluding hydrogens is 244 g/mol. The van der Waals surface area contributed by atoms with Gasteiger partial charge in [0.15, 0.2) is 0 Å². The second-order valence-electron chi connectivity index (χ2n) is 5.32. The van der Waals surface area contributed by atoms with Crippen LogP contribution in [0.4, 0.5) is 0 Å². The number of aliphatic carboxylic acids is 1. The lowest BCUT2D eigenvalue weighted by Gasteiger charge is -2.26. The normalized spacial score (nSPS) is 17.8. The zero-order chi connectivity index (χ0) is 14.0. The third kappa shape index (κ3) is 2.64. The number of carbonyl (C=O) groups is 2.